The van der Waals surface area contributed by atoms with E-state index < -0.39 is 6.09 Å². The van der Waals surface area contributed by atoms with Crippen LogP contribution >= 0.6 is 0 Å². The first-order valence-corrected chi connectivity index (χ1v) is 4.05. The van der Waals surface area contributed by atoms with Gasteiger partial charge in [-0.15, -0.1) is 0 Å². The van der Waals surface area contributed by atoms with Crippen LogP contribution in [0.5, 0.6) is 0 Å². The van der Waals surface area contributed by atoms with Crippen LogP contribution in [0.2, 0.25) is 0 Å². The maximum atomic E-state index is 10.8. The van der Waals surface area contributed by atoms with Crippen molar-refractivity contribution in [2.75, 3.05) is 6.54 Å². The Hall–Kier alpha value is -1.77. The van der Waals surface area contributed by atoms with Crippen molar-refractivity contribution in [3.63, 3.8) is 0 Å². The van der Waals surface area contributed by atoms with E-state index in [1.807, 2.05) is 36.5 Å². The fraction of sp³-hybridized carbons (Fsp3) is 0.100. The van der Waals surface area contributed by atoms with Gasteiger partial charge >= 0.3 is 6.09 Å². The van der Waals surface area contributed by atoms with E-state index in [1.54, 1.807) is 0 Å². The van der Waals surface area contributed by atoms with Crippen LogP contribution in [-0.4, -0.2) is 22.6 Å². The molecule has 3 heteroatoms. The zero-order chi connectivity index (χ0) is 9.26. The summed E-state index contributed by atoms with van der Waals surface area (Å²) < 4.78 is 0. The summed E-state index contributed by atoms with van der Waals surface area (Å²) in [5.41, 5.74) is 1.74. The Kier molecular flexibility index (Phi) is 1.77. The molecule has 2 aliphatic rings. The topological polar surface area (TPSA) is 40.5 Å². The van der Waals surface area contributed by atoms with Crippen LogP contribution in [-0.2, 0) is 0 Å². The van der Waals surface area contributed by atoms with Crippen LogP contribution in [0.25, 0.3) is 0 Å². The summed E-state index contributed by atoms with van der Waals surface area (Å²) in [7, 11) is 0. The first-order chi connectivity index (χ1) is 6.29. The van der Waals surface area contributed by atoms with Crippen LogP contribution in [0, 0.1) is 0 Å². The molecule has 1 heterocycles. The minimum absolute atomic E-state index is 0.453. The van der Waals surface area contributed by atoms with E-state index in [1.165, 1.54) is 4.90 Å². The average Bonchev–Trinajstić information content (AvgIpc) is 2.36. The predicted molar refractivity (Wildman–Crippen MR) is 49.2 cm³/mol. The molecule has 0 unspecified atom stereocenters. The minimum atomic E-state index is -0.902. The smallest absolute Gasteiger partial charge is 0.412 e. The Morgan fingerprint density at radius 3 is 3.00 bits per heavy atom. The Bertz CT molecular complexity index is 361. The number of hydrogen-bond donors (Lipinski definition) is 1. The number of hydrogen-bond acceptors (Lipinski definition) is 1. The number of rotatable bonds is 0. The van der Waals surface area contributed by atoms with Crippen LogP contribution < -0.4 is 0 Å². The molecular formula is C10H9NO2. The van der Waals surface area contributed by atoms with Gasteiger partial charge in [-0.1, -0.05) is 30.4 Å². The van der Waals surface area contributed by atoms with E-state index in [4.69, 9.17) is 5.11 Å². The summed E-state index contributed by atoms with van der Waals surface area (Å²) in [5.74, 6) is 0. The summed E-state index contributed by atoms with van der Waals surface area (Å²) in [6, 6.07) is 0. The summed E-state index contributed by atoms with van der Waals surface area (Å²) in [6.45, 7) is 0.453. The summed E-state index contributed by atoms with van der Waals surface area (Å²) in [6.07, 6.45) is 10.4. The highest BCUT2D eigenvalue weighted by atomic mass is 16.4. The van der Waals surface area contributed by atoms with E-state index in [-0.39, 0.29) is 0 Å². The molecular weight excluding hydrogens is 166 g/mol. The molecule has 66 valence electrons. The van der Waals surface area contributed by atoms with Gasteiger partial charge in [0.2, 0.25) is 0 Å². The quantitative estimate of drug-likeness (QED) is 0.611. The van der Waals surface area contributed by atoms with Crippen molar-refractivity contribution in [3.05, 3.63) is 47.7 Å². The molecule has 0 radical (unpaired) electrons. The molecule has 3 nitrogen and oxygen atoms in total. The summed E-state index contributed by atoms with van der Waals surface area (Å²) >= 11 is 0. The highest BCUT2D eigenvalue weighted by Gasteiger charge is 2.23. The van der Waals surface area contributed by atoms with Crippen molar-refractivity contribution < 1.29 is 9.90 Å². The molecule has 0 saturated heterocycles. The molecule has 2 rings (SSSR count). The van der Waals surface area contributed by atoms with Crippen molar-refractivity contribution in [1.29, 1.82) is 0 Å². The summed E-state index contributed by atoms with van der Waals surface area (Å²) in [4.78, 5) is 12.1. The molecule has 1 N–H and O–H groups in total. The van der Waals surface area contributed by atoms with Gasteiger partial charge in [0.25, 0.3) is 0 Å². The number of carboxylic acid groups (broad SMARTS) is 1. The number of amides is 1. The van der Waals surface area contributed by atoms with Gasteiger partial charge < -0.3 is 5.11 Å². The lowest BCUT2D eigenvalue weighted by atomic mass is 10.2. The fourth-order valence-corrected chi connectivity index (χ4v) is 1.44. The first kappa shape index (κ1) is 7.86. The van der Waals surface area contributed by atoms with Crippen LogP contribution in [0.15, 0.2) is 47.7 Å². The third kappa shape index (κ3) is 1.28. The van der Waals surface area contributed by atoms with Crippen LogP contribution in [0.3, 0.4) is 0 Å². The van der Waals surface area contributed by atoms with E-state index in [0.717, 1.165) is 11.3 Å². The van der Waals surface area contributed by atoms with Crippen molar-refractivity contribution >= 4 is 6.09 Å². The van der Waals surface area contributed by atoms with Gasteiger partial charge in [-0.3, -0.25) is 4.90 Å². The zero-order valence-electron chi connectivity index (χ0n) is 6.97. The lowest BCUT2D eigenvalue weighted by molar-refractivity contribution is 0.165. The second-order valence-corrected chi connectivity index (χ2v) is 2.85. The molecule has 0 atom stereocenters. The van der Waals surface area contributed by atoms with E-state index in [9.17, 15) is 4.79 Å². The molecule has 0 fully saturated rings. The lowest BCUT2D eigenvalue weighted by Crippen LogP contribution is -2.25. The monoisotopic (exact) mass is 175 g/mol. The molecule has 0 spiro atoms. The van der Waals surface area contributed by atoms with Crippen molar-refractivity contribution in [1.82, 2.24) is 4.90 Å². The van der Waals surface area contributed by atoms with Gasteiger partial charge in [0.05, 0.1) is 5.70 Å². The number of nitrogens with zero attached hydrogens (tertiary/aromatic N) is 1. The Labute approximate surface area is 76.0 Å². The van der Waals surface area contributed by atoms with E-state index in [2.05, 4.69) is 0 Å². The van der Waals surface area contributed by atoms with Crippen molar-refractivity contribution in [3.8, 4) is 0 Å². The Morgan fingerprint density at radius 1 is 1.38 bits per heavy atom. The van der Waals surface area contributed by atoms with Gasteiger partial charge in [0.15, 0.2) is 0 Å². The average molecular weight is 175 g/mol. The maximum absolute atomic E-state index is 10.8. The third-order valence-electron chi connectivity index (χ3n) is 2.06. The zero-order valence-corrected chi connectivity index (χ0v) is 6.97. The Balaban J connectivity index is 2.36. The lowest BCUT2D eigenvalue weighted by Gasteiger charge is -2.13. The van der Waals surface area contributed by atoms with Gasteiger partial charge in [-0.25, -0.2) is 4.79 Å². The molecule has 0 aromatic carbocycles. The summed E-state index contributed by atoms with van der Waals surface area (Å²) in [5, 5.41) is 8.85. The van der Waals surface area contributed by atoms with E-state index >= 15 is 0 Å². The molecule has 13 heavy (non-hydrogen) atoms. The highest BCUT2D eigenvalue weighted by Crippen LogP contribution is 2.24. The molecule has 0 bridgehead atoms. The van der Waals surface area contributed by atoms with Gasteiger partial charge in [0, 0.05) is 6.54 Å². The Morgan fingerprint density at radius 2 is 2.23 bits per heavy atom. The SMILES string of the molecule is O=C(O)N1CC=C2C=CC=CC=C21. The normalized spacial score (nSPS) is 19.2. The van der Waals surface area contributed by atoms with Gasteiger partial charge in [0.1, 0.15) is 0 Å². The van der Waals surface area contributed by atoms with Gasteiger partial charge in [-0.05, 0) is 11.6 Å². The maximum Gasteiger partial charge on any atom is 0.412 e. The molecule has 0 saturated carbocycles. The number of carbonyl (C=O) groups is 1. The molecule has 1 aliphatic heterocycles. The van der Waals surface area contributed by atoms with Gasteiger partial charge in [-0.2, -0.15) is 0 Å². The standard InChI is InChI=1S/C10H9NO2/c12-10(13)11-7-6-8-4-2-1-3-5-9(8)11/h1-6H,7H2,(H,12,13). The number of fused-ring (bicyclic) bond motifs is 1. The molecule has 0 aromatic heterocycles. The largest absolute Gasteiger partial charge is 0.465 e. The highest BCUT2D eigenvalue weighted by molar-refractivity contribution is 5.72. The van der Waals surface area contributed by atoms with Crippen LogP contribution in [0.4, 0.5) is 4.79 Å². The number of allylic oxidation sites excluding steroid dienone is 5. The third-order valence-corrected chi connectivity index (χ3v) is 2.06. The fourth-order valence-electron chi connectivity index (χ4n) is 1.44. The molecule has 0 aromatic rings. The predicted octanol–water partition coefficient (Wildman–Crippen LogP) is 1.92. The second-order valence-electron chi connectivity index (χ2n) is 2.85. The first-order valence-electron chi connectivity index (χ1n) is 4.05. The van der Waals surface area contributed by atoms with Crippen molar-refractivity contribution in [2.24, 2.45) is 0 Å². The minimum Gasteiger partial charge on any atom is -0.465 e. The second kappa shape index (κ2) is 2.94. The molecule has 1 amide bonds. The van der Waals surface area contributed by atoms with E-state index in [0.29, 0.717) is 6.54 Å². The van der Waals surface area contributed by atoms with Crippen molar-refractivity contribution in [2.45, 2.75) is 0 Å². The van der Waals surface area contributed by atoms with Crippen LogP contribution in [0.1, 0.15) is 0 Å². The molecule has 1 aliphatic carbocycles.